The van der Waals surface area contributed by atoms with E-state index in [1.54, 1.807) is 11.8 Å². The van der Waals surface area contributed by atoms with Gasteiger partial charge in [-0.2, -0.15) is 0 Å². The second-order valence-corrected chi connectivity index (χ2v) is 7.99. The number of nitrogens with zero attached hydrogens (tertiary/aromatic N) is 4. The number of hydrogen-bond donors (Lipinski definition) is 0. The molecule has 2 aliphatic heterocycles. The lowest BCUT2D eigenvalue weighted by molar-refractivity contribution is 0.0978. The number of benzene rings is 1. The fourth-order valence-electron chi connectivity index (χ4n) is 4.38. The van der Waals surface area contributed by atoms with Gasteiger partial charge >= 0.3 is 0 Å². The third-order valence-electron chi connectivity index (χ3n) is 5.69. The van der Waals surface area contributed by atoms with Crippen LogP contribution in [0.25, 0.3) is 5.52 Å². The Hall–Kier alpha value is -2.31. The fourth-order valence-corrected chi connectivity index (χ4v) is 4.92. The number of imidazole rings is 1. The Morgan fingerprint density at radius 2 is 2.04 bits per heavy atom. The lowest BCUT2D eigenvalue weighted by atomic mass is 10.1. The first-order valence-corrected chi connectivity index (χ1v) is 10.6. The van der Waals surface area contributed by atoms with Crippen LogP contribution in [0.2, 0.25) is 0 Å². The minimum atomic E-state index is 0.000185. The fraction of sp³-hybridized carbons (Fsp3) is 0.333. The Bertz CT molecular complexity index is 1010. The van der Waals surface area contributed by atoms with E-state index < -0.39 is 0 Å². The molecule has 1 fully saturated rings. The smallest absolute Gasteiger partial charge is 0.279 e. The van der Waals surface area contributed by atoms with Gasteiger partial charge in [-0.25, -0.2) is 4.98 Å². The van der Waals surface area contributed by atoms with Crippen molar-refractivity contribution in [2.24, 2.45) is 0 Å². The van der Waals surface area contributed by atoms with Crippen LogP contribution in [-0.4, -0.2) is 45.6 Å². The molecule has 5 rings (SSSR count). The Morgan fingerprint density at radius 3 is 2.93 bits per heavy atom. The van der Waals surface area contributed by atoms with Crippen LogP contribution < -0.4 is 4.90 Å². The predicted molar refractivity (Wildman–Crippen MR) is 109 cm³/mol. The summed E-state index contributed by atoms with van der Waals surface area (Å²) in [5.41, 5.74) is 3.67. The van der Waals surface area contributed by atoms with Gasteiger partial charge in [0, 0.05) is 31.0 Å². The molecule has 0 saturated carbocycles. The van der Waals surface area contributed by atoms with Crippen LogP contribution in [0.4, 0.5) is 5.69 Å². The van der Waals surface area contributed by atoms with Gasteiger partial charge in [0.25, 0.3) is 5.91 Å². The molecule has 0 bridgehead atoms. The molecule has 1 atom stereocenters. The molecule has 27 heavy (non-hydrogen) atoms. The number of pyridine rings is 1. The molecule has 1 amide bonds. The van der Waals surface area contributed by atoms with Crippen molar-refractivity contribution in [3.8, 4) is 0 Å². The number of rotatable bonds is 2. The topological polar surface area (TPSA) is 40.9 Å². The molecule has 0 spiro atoms. The van der Waals surface area contributed by atoms with E-state index in [4.69, 9.17) is 4.98 Å². The summed E-state index contributed by atoms with van der Waals surface area (Å²) in [6.07, 6.45) is 6.32. The summed E-state index contributed by atoms with van der Waals surface area (Å²) in [7, 11) is 0. The van der Waals surface area contributed by atoms with E-state index in [9.17, 15) is 4.79 Å². The lowest BCUT2D eigenvalue weighted by Crippen LogP contribution is -2.40. The summed E-state index contributed by atoms with van der Waals surface area (Å²) in [4.78, 5) is 22.8. The zero-order valence-electron chi connectivity index (χ0n) is 15.3. The van der Waals surface area contributed by atoms with E-state index >= 15 is 0 Å². The van der Waals surface area contributed by atoms with Crippen LogP contribution in [0.3, 0.4) is 0 Å². The highest BCUT2D eigenvalue weighted by molar-refractivity contribution is 7.98. The van der Waals surface area contributed by atoms with E-state index in [0.29, 0.717) is 11.7 Å². The number of fused-ring (bicyclic) bond motifs is 3. The number of hydrogen-bond acceptors (Lipinski definition) is 4. The van der Waals surface area contributed by atoms with E-state index in [2.05, 4.69) is 23.1 Å². The summed E-state index contributed by atoms with van der Waals surface area (Å²) in [6, 6.07) is 14.6. The van der Waals surface area contributed by atoms with Crippen molar-refractivity contribution in [3.63, 3.8) is 0 Å². The van der Waals surface area contributed by atoms with E-state index in [1.165, 1.54) is 12.0 Å². The standard InChI is InChI=1S/C21H22N4OS/c1-27-21-22-19(18-10-4-5-12-24(18)21)20(26)25-14-16-8-6-11-23(16)13-15-7-2-3-9-17(15)25/h2-5,7,9-10,12,16H,6,8,11,13-14H2,1H3. The maximum Gasteiger partial charge on any atom is 0.279 e. The molecule has 138 valence electrons. The Morgan fingerprint density at radius 1 is 1.19 bits per heavy atom. The normalized spacial score (nSPS) is 19.7. The zero-order chi connectivity index (χ0) is 18.4. The van der Waals surface area contributed by atoms with Gasteiger partial charge in [-0.05, 0) is 49.4 Å². The minimum Gasteiger partial charge on any atom is -0.305 e. The van der Waals surface area contributed by atoms with Gasteiger partial charge in [-0.3, -0.25) is 14.1 Å². The molecule has 1 saturated heterocycles. The highest BCUT2D eigenvalue weighted by atomic mass is 32.2. The number of carbonyl (C=O) groups excluding carboxylic acids is 1. The van der Waals surface area contributed by atoms with Gasteiger partial charge in [0.1, 0.15) is 0 Å². The number of amides is 1. The summed E-state index contributed by atoms with van der Waals surface area (Å²) in [5.74, 6) is 0.000185. The average Bonchev–Trinajstić information content (AvgIpc) is 3.26. The van der Waals surface area contributed by atoms with Gasteiger partial charge < -0.3 is 4.90 Å². The quantitative estimate of drug-likeness (QED) is 0.638. The van der Waals surface area contributed by atoms with Crippen molar-refractivity contribution < 1.29 is 4.79 Å². The molecule has 2 aromatic heterocycles. The molecule has 1 unspecified atom stereocenters. The number of carbonyl (C=O) groups is 1. The summed E-state index contributed by atoms with van der Waals surface area (Å²) in [5, 5.41) is 0.847. The Labute approximate surface area is 163 Å². The van der Waals surface area contributed by atoms with Crippen molar-refractivity contribution in [2.45, 2.75) is 30.6 Å². The highest BCUT2D eigenvalue weighted by Crippen LogP contribution is 2.33. The van der Waals surface area contributed by atoms with E-state index in [1.807, 2.05) is 46.0 Å². The first-order chi connectivity index (χ1) is 13.3. The van der Waals surface area contributed by atoms with Crippen LogP contribution in [0.15, 0.2) is 53.8 Å². The highest BCUT2D eigenvalue weighted by Gasteiger charge is 2.35. The second-order valence-electron chi connectivity index (χ2n) is 7.21. The summed E-state index contributed by atoms with van der Waals surface area (Å²) < 4.78 is 2.00. The molecule has 6 heteroatoms. The van der Waals surface area contributed by atoms with Crippen LogP contribution in [0.5, 0.6) is 0 Å². The average molecular weight is 379 g/mol. The third-order valence-corrected chi connectivity index (χ3v) is 6.35. The number of aromatic nitrogens is 2. The Balaban J connectivity index is 1.62. The first-order valence-electron chi connectivity index (χ1n) is 9.41. The SMILES string of the molecule is CSc1nc(C(=O)N2CC3CCCN3Cc3ccccc32)c2ccccn12. The number of thioether (sulfide) groups is 1. The van der Waals surface area contributed by atoms with Gasteiger partial charge in [0.2, 0.25) is 0 Å². The molecule has 3 aromatic rings. The van der Waals surface area contributed by atoms with Crippen molar-refractivity contribution in [1.82, 2.24) is 14.3 Å². The molecular weight excluding hydrogens is 356 g/mol. The molecule has 0 N–H and O–H groups in total. The maximum absolute atomic E-state index is 13.7. The van der Waals surface area contributed by atoms with Crippen LogP contribution in [-0.2, 0) is 6.54 Å². The van der Waals surface area contributed by atoms with Gasteiger partial charge in [-0.1, -0.05) is 36.0 Å². The Kier molecular flexibility index (Phi) is 4.17. The number of para-hydroxylation sites is 1. The van der Waals surface area contributed by atoms with Crippen molar-refractivity contribution in [1.29, 1.82) is 0 Å². The molecule has 0 radical (unpaired) electrons. The van der Waals surface area contributed by atoms with Crippen LogP contribution in [0.1, 0.15) is 28.9 Å². The maximum atomic E-state index is 13.7. The second kappa shape index (κ2) is 6.69. The van der Waals surface area contributed by atoms with Crippen molar-refractivity contribution in [2.75, 3.05) is 24.2 Å². The third kappa shape index (κ3) is 2.75. The molecule has 1 aromatic carbocycles. The van der Waals surface area contributed by atoms with Crippen molar-refractivity contribution in [3.05, 3.63) is 59.9 Å². The van der Waals surface area contributed by atoms with Gasteiger partial charge in [0.05, 0.1) is 5.52 Å². The molecule has 2 aliphatic rings. The van der Waals surface area contributed by atoms with E-state index in [-0.39, 0.29) is 5.91 Å². The predicted octanol–water partition coefficient (Wildman–Crippen LogP) is 3.68. The molecule has 0 aliphatic carbocycles. The zero-order valence-corrected chi connectivity index (χ0v) is 16.2. The summed E-state index contributed by atoms with van der Waals surface area (Å²) >= 11 is 1.56. The van der Waals surface area contributed by atoms with Gasteiger partial charge in [-0.15, -0.1) is 0 Å². The van der Waals surface area contributed by atoms with Crippen LogP contribution in [0, 0.1) is 0 Å². The summed E-state index contributed by atoms with van der Waals surface area (Å²) in [6.45, 7) is 2.77. The van der Waals surface area contributed by atoms with Gasteiger partial charge in [0.15, 0.2) is 10.9 Å². The monoisotopic (exact) mass is 378 g/mol. The molecule has 4 heterocycles. The van der Waals surface area contributed by atoms with Crippen LogP contribution >= 0.6 is 11.8 Å². The first kappa shape index (κ1) is 16.8. The largest absolute Gasteiger partial charge is 0.305 e. The number of anilines is 1. The molecule has 5 nitrogen and oxygen atoms in total. The van der Waals surface area contributed by atoms with E-state index in [0.717, 1.165) is 42.4 Å². The van der Waals surface area contributed by atoms with Crippen molar-refractivity contribution >= 4 is 28.9 Å². The lowest BCUT2D eigenvalue weighted by Gasteiger charge is -2.26. The minimum absolute atomic E-state index is 0.000185. The molecular formula is C21H22N4OS.